The molecule has 3 atom stereocenters. The molecule has 1 aromatic carbocycles. The van der Waals surface area contributed by atoms with Crippen LogP contribution >= 0.6 is 23.5 Å². The van der Waals surface area contributed by atoms with Gasteiger partial charge in [-0.3, -0.25) is 0 Å². The molecule has 3 aromatic rings. The van der Waals surface area contributed by atoms with Gasteiger partial charge in [0.25, 0.3) is 0 Å². The molecule has 30 heavy (non-hydrogen) atoms. The van der Waals surface area contributed by atoms with Gasteiger partial charge in [0.1, 0.15) is 10.7 Å². The summed E-state index contributed by atoms with van der Waals surface area (Å²) in [5.74, 6) is -1.54. The monoisotopic (exact) mass is 446 g/mol. The Morgan fingerprint density at radius 1 is 1.27 bits per heavy atom. The van der Waals surface area contributed by atoms with E-state index in [1.54, 1.807) is 10.7 Å². The van der Waals surface area contributed by atoms with Crippen molar-refractivity contribution in [2.45, 2.75) is 48.4 Å². The highest BCUT2D eigenvalue weighted by atomic mass is 32.2. The van der Waals surface area contributed by atoms with Crippen LogP contribution in [0.3, 0.4) is 0 Å². The van der Waals surface area contributed by atoms with Crippen LogP contribution in [0.25, 0.3) is 5.65 Å². The van der Waals surface area contributed by atoms with Gasteiger partial charge in [0.2, 0.25) is 10.9 Å². The molecule has 1 aliphatic heterocycles. The first-order valence-electron chi connectivity index (χ1n) is 9.91. The van der Waals surface area contributed by atoms with Gasteiger partial charge in [-0.1, -0.05) is 49.0 Å². The molecule has 160 valence electrons. The molecule has 4 rings (SSSR count). The summed E-state index contributed by atoms with van der Waals surface area (Å²) < 4.78 is 13.6. The molecule has 0 aliphatic carbocycles. The second-order valence-electron chi connectivity index (χ2n) is 7.39. The number of hydrogen-bond acceptors (Lipinski definition) is 8. The van der Waals surface area contributed by atoms with Crippen LogP contribution in [0.5, 0.6) is 0 Å². The van der Waals surface area contributed by atoms with Gasteiger partial charge in [0.15, 0.2) is 5.65 Å². The second kappa shape index (κ2) is 9.23. The fourth-order valence-electron chi connectivity index (χ4n) is 3.75. The smallest absolute Gasteiger partial charge is 0.214 e. The van der Waals surface area contributed by atoms with Crippen molar-refractivity contribution >= 4 is 29.2 Å². The quantitative estimate of drug-likeness (QED) is 0.414. The van der Waals surface area contributed by atoms with Crippen LogP contribution in [0.15, 0.2) is 46.7 Å². The van der Waals surface area contributed by atoms with Gasteiger partial charge < -0.3 is 14.6 Å². The van der Waals surface area contributed by atoms with E-state index in [9.17, 15) is 5.11 Å². The van der Waals surface area contributed by atoms with E-state index in [0.29, 0.717) is 29.7 Å². The van der Waals surface area contributed by atoms with Gasteiger partial charge >= 0.3 is 0 Å². The molecule has 2 aromatic heterocycles. The van der Waals surface area contributed by atoms with E-state index in [1.165, 1.54) is 23.5 Å². The Bertz CT molecular complexity index is 1000. The number of thioether (sulfide) groups is 2. The largest absolute Gasteiger partial charge is 0.377 e. The predicted molar refractivity (Wildman–Crippen MR) is 118 cm³/mol. The van der Waals surface area contributed by atoms with E-state index >= 15 is 0 Å². The van der Waals surface area contributed by atoms with E-state index < -0.39 is 5.79 Å². The van der Waals surface area contributed by atoms with Crippen molar-refractivity contribution in [2.24, 2.45) is 5.92 Å². The van der Waals surface area contributed by atoms with Gasteiger partial charge in [-0.2, -0.15) is 0 Å². The minimum Gasteiger partial charge on any atom is -0.377 e. The van der Waals surface area contributed by atoms with Gasteiger partial charge in [0.05, 0.1) is 18.9 Å². The number of benzene rings is 1. The molecular weight excluding hydrogens is 420 g/mol. The molecule has 9 heteroatoms. The third-order valence-corrected chi connectivity index (χ3v) is 6.58. The average molecular weight is 447 g/mol. The fraction of sp³-hybridized carbons (Fsp3) is 0.476. The van der Waals surface area contributed by atoms with Crippen molar-refractivity contribution in [3.05, 3.63) is 47.8 Å². The van der Waals surface area contributed by atoms with Gasteiger partial charge in [-0.25, -0.2) is 14.5 Å². The molecular formula is C21H26N4O3S2. The average Bonchev–Trinajstić information content (AvgIpc) is 3.32. The van der Waals surface area contributed by atoms with Crippen LogP contribution < -0.4 is 0 Å². The highest BCUT2D eigenvalue weighted by Gasteiger charge is 2.48. The number of ether oxygens (including phenoxy) is 2. The lowest BCUT2D eigenvalue weighted by Crippen LogP contribution is -2.33. The normalized spacial score (nSPS) is 24.0. The third kappa shape index (κ3) is 4.22. The molecule has 1 aliphatic rings. The lowest BCUT2D eigenvalue weighted by Gasteiger charge is -2.26. The molecule has 2 unspecified atom stereocenters. The Kier molecular flexibility index (Phi) is 6.64. The third-order valence-electron chi connectivity index (χ3n) is 5.38. The molecule has 7 nitrogen and oxygen atoms in total. The fourth-order valence-corrected chi connectivity index (χ4v) is 4.65. The van der Waals surface area contributed by atoms with Crippen LogP contribution in [0.2, 0.25) is 0 Å². The van der Waals surface area contributed by atoms with Crippen molar-refractivity contribution in [1.29, 1.82) is 0 Å². The number of imidazole rings is 1. The summed E-state index contributed by atoms with van der Waals surface area (Å²) in [5, 5.41) is 17.4. The zero-order valence-electron chi connectivity index (χ0n) is 17.3. The zero-order chi connectivity index (χ0) is 21.1. The van der Waals surface area contributed by atoms with Crippen molar-refractivity contribution in [3.8, 4) is 0 Å². The number of aromatic nitrogens is 4. The summed E-state index contributed by atoms with van der Waals surface area (Å²) in [7, 11) is 0. The molecule has 1 N–H and O–H groups in total. The Morgan fingerprint density at radius 2 is 2.07 bits per heavy atom. The first-order valence-corrected chi connectivity index (χ1v) is 12.4. The highest BCUT2D eigenvalue weighted by Crippen LogP contribution is 2.43. The summed E-state index contributed by atoms with van der Waals surface area (Å²) in [6, 6.07) is 10.1. The lowest BCUT2D eigenvalue weighted by atomic mass is 9.95. The predicted octanol–water partition coefficient (Wildman–Crippen LogP) is 3.75. The summed E-state index contributed by atoms with van der Waals surface area (Å²) in [5.41, 5.74) is 2.33. The number of fused-ring (bicyclic) bond motifs is 1. The van der Waals surface area contributed by atoms with Crippen molar-refractivity contribution in [3.63, 3.8) is 0 Å². The standard InChI is InChI=1S/C21H26N4O3S2/c1-14-11-16(9-10-27-13-15-7-5-4-6-8-15)28-21(14,26)17-12-22-18-19(29-2)23-20(30-3)24-25(17)18/h4-8,12,14,16,26H,9-11,13H2,1-3H3/t14-,16?,21?/m0/s1. The van der Waals surface area contributed by atoms with Gasteiger partial charge in [0, 0.05) is 12.5 Å². The topological polar surface area (TPSA) is 81.8 Å². The van der Waals surface area contributed by atoms with Crippen molar-refractivity contribution in [2.75, 3.05) is 19.1 Å². The van der Waals surface area contributed by atoms with E-state index in [-0.39, 0.29) is 12.0 Å². The molecule has 0 bridgehead atoms. The van der Waals surface area contributed by atoms with Crippen LogP contribution in [-0.4, -0.2) is 49.9 Å². The maximum absolute atomic E-state index is 11.5. The molecule has 0 radical (unpaired) electrons. The first kappa shape index (κ1) is 21.6. The first-order chi connectivity index (χ1) is 14.5. The molecule has 1 saturated heterocycles. The van der Waals surface area contributed by atoms with Crippen LogP contribution in [0.4, 0.5) is 0 Å². The van der Waals surface area contributed by atoms with E-state index in [0.717, 1.165) is 23.4 Å². The Hall–Kier alpha value is -1.65. The molecule has 0 amide bonds. The summed E-state index contributed by atoms with van der Waals surface area (Å²) in [4.78, 5) is 8.97. The SMILES string of the molecule is CSc1nc(SC)c2ncc(C3(O)OC(CCOCc4ccccc4)C[C@@H]3C)n2n1. The number of aliphatic hydroxyl groups is 1. The summed E-state index contributed by atoms with van der Waals surface area (Å²) in [6.45, 7) is 3.15. The van der Waals surface area contributed by atoms with Crippen LogP contribution in [-0.2, 0) is 21.9 Å². The van der Waals surface area contributed by atoms with Crippen molar-refractivity contribution in [1.82, 2.24) is 19.6 Å². The van der Waals surface area contributed by atoms with Gasteiger partial charge in [-0.15, -0.1) is 16.9 Å². The highest BCUT2D eigenvalue weighted by molar-refractivity contribution is 7.99. The summed E-state index contributed by atoms with van der Waals surface area (Å²) >= 11 is 2.97. The molecule has 3 heterocycles. The number of hydrogen-bond donors (Lipinski definition) is 1. The number of rotatable bonds is 8. The lowest BCUT2D eigenvalue weighted by molar-refractivity contribution is -0.224. The van der Waals surface area contributed by atoms with Crippen LogP contribution in [0, 0.1) is 5.92 Å². The Labute approximate surface area is 184 Å². The Morgan fingerprint density at radius 3 is 2.80 bits per heavy atom. The van der Waals surface area contributed by atoms with E-state index in [4.69, 9.17) is 9.47 Å². The maximum Gasteiger partial charge on any atom is 0.214 e. The zero-order valence-corrected chi connectivity index (χ0v) is 18.9. The van der Waals surface area contributed by atoms with Crippen LogP contribution in [0.1, 0.15) is 31.0 Å². The Balaban J connectivity index is 1.46. The number of nitrogens with zero attached hydrogens (tertiary/aromatic N) is 4. The molecule has 0 saturated carbocycles. The maximum atomic E-state index is 11.5. The minimum atomic E-state index is -1.44. The molecule has 1 fully saturated rings. The summed E-state index contributed by atoms with van der Waals surface area (Å²) in [6.07, 6.45) is 6.91. The van der Waals surface area contributed by atoms with Gasteiger partial charge in [-0.05, 0) is 30.9 Å². The molecule has 0 spiro atoms. The van der Waals surface area contributed by atoms with E-state index in [2.05, 4.69) is 15.1 Å². The minimum absolute atomic E-state index is 0.0896. The van der Waals surface area contributed by atoms with Crippen molar-refractivity contribution < 1.29 is 14.6 Å². The van der Waals surface area contributed by atoms with E-state index in [1.807, 2.05) is 49.8 Å². The second-order valence-corrected chi connectivity index (χ2v) is 8.95.